The van der Waals surface area contributed by atoms with Gasteiger partial charge in [0, 0.05) is 5.54 Å². The van der Waals surface area contributed by atoms with Gasteiger partial charge in [0.25, 0.3) is 5.56 Å². The quantitative estimate of drug-likeness (QED) is 0.788. The first-order valence-electron chi connectivity index (χ1n) is 7.74. The number of nitrogens with zero attached hydrogens (tertiary/aromatic N) is 1. The first kappa shape index (κ1) is 14.1. The van der Waals surface area contributed by atoms with E-state index in [9.17, 15) is 9.59 Å². The van der Waals surface area contributed by atoms with Crippen LogP contribution in [0.2, 0.25) is 5.02 Å². The first-order valence-corrected chi connectivity index (χ1v) is 8.11. The lowest BCUT2D eigenvalue weighted by atomic mass is 9.80. The van der Waals surface area contributed by atoms with Crippen molar-refractivity contribution < 1.29 is 9.90 Å². The van der Waals surface area contributed by atoms with Crippen LogP contribution in [-0.4, -0.2) is 26.8 Å². The number of halogens is 1. The topological polar surface area (TPSA) is 95.1 Å². The molecule has 7 heteroatoms. The largest absolute Gasteiger partial charge is 0.481 e. The van der Waals surface area contributed by atoms with Gasteiger partial charge in [-0.05, 0) is 49.9 Å². The third-order valence-corrected chi connectivity index (χ3v) is 6.04. The summed E-state index contributed by atoms with van der Waals surface area (Å²) in [6.07, 6.45) is 5.68. The molecule has 22 heavy (non-hydrogen) atoms. The Morgan fingerprint density at radius 2 is 2.05 bits per heavy atom. The SMILES string of the molecule is O=C(O)Cc1n[nH]c(=O)c(Cl)c1NC12CC3CC(CC1C3)C2. The number of hydrogen-bond acceptors (Lipinski definition) is 4. The van der Waals surface area contributed by atoms with Gasteiger partial charge in [-0.1, -0.05) is 11.6 Å². The number of aromatic nitrogens is 2. The predicted octanol–water partition coefficient (Wildman–Crippen LogP) is 2.04. The average molecular weight is 324 g/mol. The molecule has 2 atom stereocenters. The van der Waals surface area contributed by atoms with Crippen molar-refractivity contribution in [1.82, 2.24) is 10.2 Å². The summed E-state index contributed by atoms with van der Waals surface area (Å²) in [7, 11) is 0. The van der Waals surface area contributed by atoms with E-state index in [-0.39, 0.29) is 17.0 Å². The molecular weight excluding hydrogens is 306 g/mol. The van der Waals surface area contributed by atoms with E-state index in [4.69, 9.17) is 16.7 Å². The molecule has 4 saturated carbocycles. The Morgan fingerprint density at radius 1 is 1.36 bits per heavy atom. The van der Waals surface area contributed by atoms with Gasteiger partial charge in [-0.25, -0.2) is 5.10 Å². The second-order valence-electron chi connectivity index (χ2n) is 7.08. The zero-order valence-corrected chi connectivity index (χ0v) is 12.8. The summed E-state index contributed by atoms with van der Waals surface area (Å²) in [5.74, 6) is 1.11. The number of nitrogens with one attached hydrogen (secondary N) is 2. The zero-order valence-electron chi connectivity index (χ0n) is 12.1. The van der Waals surface area contributed by atoms with E-state index < -0.39 is 11.5 Å². The normalized spacial score (nSPS) is 35.0. The number of carboxylic acid groups (broad SMARTS) is 1. The summed E-state index contributed by atoms with van der Waals surface area (Å²) in [6, 6.07) is 0. The molecule has 2 unspecified atom stereocenters. The van der Waals surface area contributed by atoms with Gasteiger partial charge in [0.05, 0.1) is 17.8 Å². The van der Waals surface area contributed by atoms with Crippen molar-refractivity contribution in [1.29, 1.82) is 0 Å². The van der Waals surface area contributed by atoms with Crippen molar-refractivity contribution in [3.05, 3.63) is 21.1 Å². The van der Waals surface area contributed by atoms with Crippen molar-refractivity contribution in [2.75, 3.05) is 5.32 Å². The molecule has 4 aliphatic carbocycles. The molecule has 4 aliphatic rings. The third-order valence-electron chi connectivity index (χ3n) is 5.68. The zero-order chi connectivity index (χ0) is 15.5. The molecule has 5 rings (SSSR count). The molecule has 0 aliphatic heterocycles. The minimum Gasteiger partial charge on any atom is -0.481 e. The van der Waals surface area contributed by atoms with Crippen LogP contribution in [0.3, 0.4) is 0 Å². The summed E-state index contributed by atoms with van der Waals surface area (Å²) in [4.78, 5) is 22.8. The summed E-state index contributed by atoms with van der Waals surface area (Å²) >= 11 is 6.16. The maximum atomic E-state index is 11.8. The Morgan fingerprint density at radius 3 is 2.68 bits per heavy atom. The van der Waals surface area contributed by atoms with Crippen molar-refractivity contribution in [3.63, 3.8) is 0 Å². The van der Waals surface area contributed by atoms with Crippen LogP contribution in [0.4, 0.5) is 5.69 Å². The molecule has 0 radical (unpaired) electrons. The molecule has 1 aromatic rings. The van der Waals surface area contributed by atoms with Crippen molar-refractivity contribution in [2.24, 2.45) is 17.8 Å². The molecule has 0 saturated heterocycles. The van der Waals surface area contributed by atoms with Gasteiger partial charge in [0.2, 0.25) is 0 Å². The molecule has 118 valence electrons. The molecular formula is C15H18ClN3O3. The summed E-state index contributed by atoms with van der Waals surface area (Å²) in [6.45, 7) is 0. The highest BCUT2D eigenvalue weighted by Gasteiger charge is 2.58. The highest BCUT2D eigenvalue weighted by molar-refractivity contribution is 6.33. The van der Waals surface area contributed by atoms with Gasteiger partial charge in [-0.3, -0.25) is 9.59 Å². The van der Waals surface area contributed by atoms with Crippen LogP contribution in [0.15, 0.2) is 4.79 Å². The Hall–Kier alpha value is -1.56. The molecule has 6 nitrogen and oxygen atoms in total. The Balaban J connectivity index is 1.72. The van der Waals surface area contributed by atoms with E-state index in [1.807, 2.05) is 0 Å². The molecule has 0 spiro atoms. The van der Waals surface area contributed by atoms with Crippen LogP contribution in [0.1, 0.15) is 37.8 Å². The van der Waals surface area contributed by atoms with E-state index in [1.54, 1.807) is 0 Å². The van der Waals surface area contributed by atoms with Crippen LogP contribution >= 0.6 is 11.6 Å². The number of aromatic amines is 1. The minimum absolute atomic E-state index is 0.0202. The lowest BCUT2D eigenvalue weighted by Crippen LogP contribution is -2.40. The van der Waals surface area contributed by atoms with Crippen molar-refractivity contribution in [3.8, 4) is 0 Å². The Kier molecular flexibility index (Phi) is 3.01. The lowest BCUT2D eigenvalue weighted by molar-refractivity contribution is -0.136. The molecule has 0 aromatic carbocycles. The highest BCUT2D eigenvalue weighted by atomic mass is 35.5. The first-order chi connectivity index (χ1) is 10.5. The van der Waals surface area contributed by atoms with Gasteiger partial charge in [-0.15, -0.1) is 0 Å². The van der Waals surface area contributed by atoms with Crippen LogP contribution in [-0.2, 0) is 11.2 Å². The molecule has 0 amide bonds. The van der Waals surface area contributed by atoms with E-state index in [0.717, 1.165) is 24.7 Å². The monoisotopic (exact) mass is 323 g/mol. The van der Waals surface area contributed by atoms with Crippen molar-refractivity contribution >= 4 is 23.3 Å². The van der Waals surface area contributed by atoms with Crippen LogP contribution < -0.4 is 10.9 Å². The smallest absolute Gasteiger partial charge is 0.309 e. The minimum atomic E-state index is -0.992. The summed E-state index contributed by atoms with van der Waals surface area (Å²) in [5.41, 5.74) is 0.214. The fourth-order valence-corrected chi connectivity index (χ4v) is 5.31. The molecule has 4 fully saturated rings. The molecule has 1 aromatic heterocycles. The number of aliphatic carboxylic acids is 1. The average Bonchev–Trinajstić information content (AvgIpc) is 2.82. The second-order valence-corrected chi connectivity index (χ2v) is 7.46. The molecule has 4 bridgehead atoms. The third kappa shape index (κ3) is 2.04. The van der Waals surface area contributed by atoms with Gasteiger partial charge in [-0.2, -0.15) is 5.10 Å². The fourth-order valence-electron chi connectivity index (χ4n) is 5.11. The van der Waals surface area contributed by atoms with Crippen LogP contribution in [0, 0.1) is 17.8 Å². The summed E-state index contributed by atoms with van der Waals surface area (Å²) in [5, 5.41) is 18.7. The lowest BCUT2D eigenvalue weighted by Gasteiger charge is -2.35. The highest BCUT2D eigenvalue weighted by Crippen LogP contribution is 2.61. The molecule has 3 N–H and O–H groups in total. The van der Waals surface area contributed by atoms with E-state index in [0.29, 0.717) is 17.3 Å². The maximum absolute atomic E-state index is 11.8. The number of carboxylic acids is 1. The number of H-pyrrole nitrogens is 1. The van der Waals surface area contributed by atoms with Gasteiger partial charge >= 0.3 is 5.97 Å². The number of carbonyl (C=O) groups is 1. The van der Waals surface area contributed by atoms with Crippen LogP contribution in [0.25, 0.3) is 0 Å². The molecule has 1 heterocycles. The Bertz CT molecular complexity index is 688. The maximum Gasteiger partial charge on any atom is 0.309 e. The standard InChI is InChI=1S/C15H18ClN3O3/c16-12-13(10(4-11(20)21)18-19-14(12)22)17-15-5-7-1-8(6-15)3-9(15)2-7/h7-9H,1-6H2,(H,20,21)(H2,17,19,22). The van der Waals surface area contributed by atoms with Gasteiger partial charge in [0.1, 0.15) is 5.02 Å². The number of anilines is 1. The van der Waals surface area contributed by atoms with Crippen molar-refractivity contribution in [2.45, 2.75) is 44.1 Å². The summed E-state index contributed by atoms with van der Waals surface area (Å²) < 4.78 is 0. The van der Waals surface area contributed by atoms with E-state index >= 15 is 0 Å². The van der Waals surface area contributed by atoms with E-state index in [2.05, 4.69) is 15.5 Å². The fraction of sp³-hybridized carbons (Fsp3) is 0.667. The van der Waals surface area contributed by atoms with E-state index in [1.165, 1.54) is 19.3 Å². The van der Waals surface area contributed by atoms with Gasteiger partial charge < -0.3 is 10.4 Å². The number of rotatable bonds is 4. The van der Waals surface area contributed by atoms with Gasteiger partial charge in [0.15, 0.2) is 0 Å². The number of hydrogen-bond donors (Lipinski definition) is 3. The second kappa shape index (κ2) is 4.72. The Labute approximate surface area is 132 Å². The van der Waals surface area contributed by atoms with Crippen LogP contribution in [0.5, 0.6) is 0 Å². The predicted molar refractivity (Wildman–Crippen MR) is 81.1 cm³/mol.